The van der Waals surface area contributed by atoms with Crippen LogP contribution in [0.15, 0.2) is 16.0 Å². The number of nitrogens with zero attached hydrogens (tertiary/aromatic N) is 3. The highest BCUT2D eigenvalue weighted by atomic mass is 16.6. The van der Waals surface area contributed by atoms with Crippen LogP contribution in [0, 0.1) is 13.8 Å². The van der Waals surface area contributed by atoms with Crippen molar-refractivity contribution in [3.8, 4) is 0 Å². The summed E-state index contributed by atoms with van der Waals surface area (Å²) in [6.45, 7) is 6.34. The zero-order chi connectivity index (χ0) is 15.4. The predicted octanol–water partition coefficient (Wildman–Crippen LogP) is 0.531. The van der Waals surface area contributed by atoms with E-state index in [0.717, 1.165) is 17.8 Å². The molecule has 0 saturated heterocycles. The second-order valence-electron chi connectivity index (χ2n) is 5.07. The Labute approximate surface area is 123 Å². The molecule has 114 valence electrons. The van der Waals surface area contributed by atoms with Crippen molar-refractivity contribution in [3.05, 3.63) is 27.9 Å². The van der Waals surface area contributed by atoms with Crippen molar-refractivity contribution in [2.45, 2.75) is 46.3 Å². The van der Waals surface area contributed by atoms with Crippen LogP contribution >= 0.6 is 0 Å². The maximum atomic E-state index is 11.9. The number of carbonyl (C=O) groups is 1. The summed E-state index contributed by atoms with van der Waals surface area (Å²) in [7, 11) is 0. The van der Waals surface area contributed by atoms with Gasteiger partial charge >= 0.3 is 5.69 Å². The van der Waals surface area contributed by atoms with Gasteiger partial charge in [0, 0.05) is 30.9 Å². The molecule has 1 aromatic rings. The van der Waals surface area contributed by atoms with E-state index in [0.29, 0.717) is 25.2 Å². The van der Waals surface area contributed by atoms with Gasteiger partial charge in [-0.05, 0) is 26.3 Å². The number of oxime groups is 1. The molecular weight excluding hydrogens is 272 g/mol. The molecule has 0 fully saturated rings. The summed E-state index contributed by atoms with van der Waals surface area (Å²) in [5.74, 6) is -0.201. The van der Waals surface area contributed by atoms with Crippen molar-refractivity contribution >= 4 is 11.6 Å². The number of aryl methyl sites for hydroxylation is 2. The third-order valence-corrected chi connectivity index (χ3v) is 3.41. The number of hydrogen-bond donors (Lipinski definition) is 1. The monoisotopic (exact) mass is 292 g/mol. The summed E-state index contributed by atoms with van der Waals surface area (Å²) in [6.07, 6.45) is 0.773. The minimum Gasteiger partial charge on any atom is -0.382 e. The molecule has 7 nitrogen and oxygen atoms in total. The Hall–Kier alpha value is -2.18. The van der Waals surface area contributed by atoms with E-state index in [9.17, 15) is 9.59 Å². The smallest absolute Gasteiger partial charge is 0.348 e. The molecule has 1 N–H and O–H groups in total. The summed E-state index contributed by atoms with van der Waals surface area (Å²) < 4.78 is 1.54. The molecule has 0 aromatic carbocycles. The van der Waals surface area contributed by atoms with Gasteiger partial charge in [0.25, 0.3) is 5.91 Å². The Balaban J connectivity index is 1.85. The first-order valence-corrected chi connectivity index (χ1v) is 7.05. The number of rotatable bonds is 5. The van der Waals surface area contributed by atoms with E-state index in [1.807, 2.05) is 19.9 Å². The fraction of sp³-hybridized carbons (Fsp3) is 0.571. The van der Waals surface area contributed by atoms with Crippen molar-refractivity contribution in [2.24, 2.45) is 5.16 Å². The highest BCUT2D eigenvalue weighted by molar-refractivity contribution is 5.92. The molecular formula is C14H20N4O3. The van der Waals surface area contributed by atoms with E-state index in [2.05, 4.69) is 15.5 Å². The summed E-state index contributed by atoms with van der Waals surface area (Å²) in [5, 5.41) is 6.61. The molecule has 21 heavy (non-hydrogen) atoms. The van der Waals surface area contributed by atoms with Gasteiger partial charge in [-0.1, -0.05) is 12.1 Å². The third kappa shape index (κ3) is 3.68. The van der Waals surface area contributed by atoms with Gasteiger partial charge in [0.05, 0.1) is 5.71 Å². The molecule has 7 heteroatoms. The van der Waals surface area contributed by atoms with Crippen LogP contribution in [0.3, 0.4) is 0 Å². The lowest BCUT2D eigenvalue weighted by Crippen LogP contribution is -2.38. The van der Waals surface area contributed by atoms with Gasteiger partial charge in [-0.15, -0.1) is 0 Å². The van der Waals surface area contributed by atoms with Crippen molar-refractivity contribution in [1.29, 1.82) is 0 Å². The highest BCUT2D eigenvalue weighted by Gasteiger charge is 2.26. The standard InChI is InChI=1S/C14H20N4O3/c1-4-11-8-12(21-17-11)13(19)15-5-6-18-10(3)7-9(2)16-14(18)20/h7,12H,4-6,8H2,1-3H3,(H,15,19)/t12-/m0/s1. The number of carbonyl (C=O) groups excluding carboxylic acids is 1. The summed E-state index contributed by atoms with van der Waals surface area (Å²) >= 11 is 0. The molecule has 1 aliphatic rings. The fourth-order valence-corrected chi connectivity index (χ4v) is 2.23. The molecule has 0 bridgehead atoms. The lowest BCUT2D eigenvalue weighted by molar-refractivity contribution is -0.131. The molecule has 0 unspecified atom stereocenters. The normalized spacial score (nSPS) is 17.3. The molecule has 0 saturated carbocycles. The average Bonchev–Trinajstić information content (AvgIpc) is 2.90. The molecule has 2 rings (SSSR count). The van der Waals surface area contributed by atoms with Crippen LogP contribution in [0.1, 0.15) is 31.2 Å². The first kappa shape index (κ1) is 15.2. The summed E-state index contributed by atoms with van der Waals surface area (Å²) in [4.78, 5) is 32.6. The lowest BCUT2D eigenvalue weighted by Gasteiger charge is -2.12. The topological polar surface area (TPSA) is 85.6 Å². The molecule has 1 atom stereocenters. The van der Waals surface area contributed by atoms with E-state index in [-0.39, 0.29) is 11.6 Å². The van der Waals surface area contributed by atoms with Crippen LogP contribution in [0.2, 0.25) is 0 Å². The number of hydrogen-bond acceptors (Lipinski definition) is 5. The van der Waals surface area contributed by atoms with Crippen molar-refractivity contribution in [1.82, 2.24) is 14.9 Å². The Morgan fingerprint density at radius 3 is 2.90 bits per heavy atom. The SMILES string of the molecule is CCC1=NO[C@H](C(=O)NCCn2c(C)cc(C)nc2=O)C1. The van der Waals surface area contributed by atoms with Crippen LogP contribution in [-0.2, 0) is 16.2 Å². The second kappa shape index (κ2) is 6.51. The van der Waals surface area contributed by atoms with Crippen molar-refractivity contribution in [3.63, 3.8) is 0 Å². The van der Waals surface area contributed by atoms with Crippen LogP contribution in [0.4, 0.5) is 0 Å². The van der Waals surface area contributed by atoms with Crippen molar-refractivity contribution < 1.29 is 9.63 Å². The van der Waals surface area contributed by atoms with Gasteiger partial charge in [-0.25, -0.2) is 4.79 Å². The van der Waals surface area contributed by atoms with Gasteiger partial charge in [0.15, 0.2) is 0 Å². The Bertz CT molecular complexity index is 621. The molecule has 0 aliphatic carbocycles. The van der Waals surface area contributed by atoms with E-state index in [1.54, 1.807) is 6.92 Å². The van der Waals surface area contributed by atoms with Crippen LogP contribution < -0.4 is 11.0 Å². The molecule has 1 aromatic heterocycles. The first-order valence-electron chi connectivity index (χ1n) is 7.05. The summed E-state index contributed by atoms with van der Waals surface area (Å²) in [5.41, 5.74) is 2.12. The Morgan fingerprint density at radius 1 is 1.52 bits per heavy atom. The van der Waals surface area contributed by atoms with Crippen LogP contribution in [0.5, 0.6) is 0 Å². The number of nitrogens with one attached hydrogen (secondary N) is 1. The van der Waals surface area contributed by atoms with Crippen LogP contribution in [0.25, 0.3) is 0 Å². The highest BCUT2D eigenvalue weighted by Crippen LogP contribution is 2.12. The predicted molar refractivity (Wildman–Crippen MR) is 78.2 cm³/mol. The van der Waals surface area contributed by atoms with E-state index >= 15 is 0 Å². The van der Waals surface area contributed by atoms with Crippen molar-refractivity contribution in [2.75, 3.05) is 6.54 Å². The number of amides is 1. The second-order valence-corrected chi connectivity index (χ2v) is 5.07. The largest absolute Gasteiger partial charge is 0.382 e. The van der Waals surface area contributed by atoms with E-state index < -0.39 is 6.10 Å². The van der Waals surface area contributed by atoms with E-state index in [4.69, 9.17) is 4.84 Å². The minimum absolute atomic E-state index is 0.201. The maximum Gasteiger partial charge on any atom is 0.348 e. The fourth-order valence-electron chi connectivity index (χ4n) is 2.23. The summed E-state index contributed by atoms with van der Waals surface area (Å²) in [6, 6.07) is 1.84. The van der Waals surface area contributed by atoms with Crippen LogP contribution in [-0.4, -0.2) is 33.8 Å². The first-order chi connectivity index (χ1) is 10.0. The molecule has 0 spiro atoms. The maximum absolute atomic E-state index is 11.9. The average molecular weight is 292 g/mol. The van der Waals surface area contributed by atoms with E-state index in [1.165, 1.54) is 4.57 Å². The van der Waals surface area contributed by atoms with Gasteiger partial charge in [0.1, 0.15) is 0 Å². The molecule has 2 heterocycles. The minimum atomic E-state index is -0.547. The zero-order valence-corrected chi connectivity index (χ0v) is 12.5. The van der Waals surface area contributed by atoms with Gasteiger partial charge in [-0.3, -0.25) is 9.36 Å². The molecule has 0 radical (unpaired) electrons. The van der Waals surface area contributed by atoms with Gasteiger partial charge in [-0.2, -0.15) is 4.98 Å². The number of aromatic nitrogens is 2. The third-order valence-electron chi connectivity index (χ3n) is 3.41. The van der Waals surface area contributed by atoms with Gasteiger partial charge < -0.3 is 10.2 Å². The quantitative estimate of drug-likeness (QED) is 0.858. The molecule has 1 aliphatic heterocycles. The molecule has 1 amide bonds. The Kier molecular flexibility index (Phi) is 4.72. The lowest BCUT2D eigenvalue weighted by atomic mass is 10.1. The Morgan fingerprint density at radius 2 is 2.29 bits per heavy atom. The van der Waals surface area contributed by atoms with Gasteiger partial charge in [0.2, 0.25) is 6.10 Å². The zero-order valence-electron chi connectivity index (χ0n) is 12.5.